The van der Waals surface area contributed by atoms with Crippen molar-refractivity contribution in [1.82, 2.24) is 4.90 Å². The van der Waals surface area contributed by atoms with Crippen molar-refractivity contribution in [3.05, 3.63) is 29.8 Å². The Morgan fingerprint density at radius 3 is 2.95 bits per heavy atom. The first kappa shape index (κ1) is 15.8. The van der Waals surface area contributed by atoms with Crippen LogP contribution in [0.5, 0.6) is 5.75 Å². The van der Waals surface area contributed by atoms with E-state index in [-0.39, 0.29) is 18.3 Å². The molecule has 1 N–H and O–H groups in total. The van der Waals surface area contributed by atoms with Gasteiger partial charge in [0.1, 0.15) is 12.4 Å². The maximum atomic E-state index is 10.8. The maximum absolute atomic E-state index is 10.8. The molecule has 0 aromatic heterocycles. The second kappa shape index (κ2) is 7.36. The molecule has 4 nitrogen and oxygen atoms in total. The second-order valence-corrected chi connectivity index (χ2v) is 4.79. The van der Waals surface area contributed by atoms with Crippen LogP contribution in [0, 0.1) is 12.8 Å². The summed E-state index contributed by atoms with van der Waals surface area (Å²) in [6, 6.07) is 7.95. The summed E-state index contributed by atoms with van der Waals surface area (Å²) in [6.07, 6.45) is 0.750. The molecule has 5 heteroatoms. The topological polar surface area (TPSA) is 49.8 Å². The van der Waals surface area contributed by atoms with Gasteiger partial charge in [0.15, 0.2) is 0 Å². The summed E-state index contributed by atoms with van der Waals surface area (Å²) >= 11 is 0. The maximum Gasteiger partial charge on any atom is 0.307 e. The highest BCUT2D eigenvalue weighted by molar-refractivity contribution is 5.85. The number of nitrogens with zero attached hydrogens (tertiary/aromatic N) is 1. The van der Waals surface area contributed by atoms with E-state index in [2.05, 4.69) is 4.90 Å². The molecule has 106 valence electrons. The Morgan fingerprint density at radius 1 is 1.53 bits per heavy atom. The number of likely N-dealkylation sites (tertiary alicyclic amines) is 1. The number of hydrogen-bond donors (Lipinski definition) is 1. The van der Waals surface area contributed by atoms with E-state index < -0.39 is 5.97 Å². The molecule has 0 aliphatic carbocycles. The predicted octanol–water partition coefficient (Wildman–Crippen LogP) is 2.20. The second-order valence-electron chi connectivity index (χ2n) is 4.79. The zero-order chi connectivity index (χ0) is 13.0. The summed E-state index contributed by atoms with van der Waals surface area (Å²) in [5.41, 5.74) is 1.18. The fraction of sp³-hybridized carbons (Fsp3) is 0.500. The zero-order valence-corrected chi connectivity index (χ0v) is 11.9. The van der Waals surface area contributed by atoms with Gasteiger partial charge in [0.2, 0.25) is 0 Å². The first-order valence-corrected chi connectivity index (χ1v) is 6.30. The molecule has 1 atom stereocenters. The van der Waals surface area contributed by atoms with Gasteiger partial charge in [0, 0.05) is 13.1 Å². The number of ether oxygens (including phenoxy) is 1. The highest BCUT2D eigenvalue weighted by Crippen LogP contribution is 2.16. The smallest absolute Gasteiger partial charge is 0.307 e. The first-order chi connectivity index (χ1) is 8.65. The molecule has 1 aliphatic rings. The van der Waals surface area contributed by atoms with Gasteiger partial charge in [-0.05, 0) is 37.6 Å². The van der Waals surface area contributed by atoms with E-state index in [4.69, 9.17) is 9.84 Å². The number of benzene rings is 1. The number of aryl methyl sites for hydroxylation is 1. The summed E-state index contributed by atoms with van der Waals surface area (Å²) in [5.74, 6) is -0.00921. The Balaban J connectivity index is 0.00000180. The molecule has 0 radical (unpaired) electrons. The summed E-state index contributed by atoms with van der Waals surface area (Å²) in [4.78, 5) is 13.0. The summed E-state index contributed by atoms with van der Waals surface area (Å²) in [6.45, 7) is 4.93. The lowest BCUT2D eigenvalue weighted by atomic mass is 10.1. The molecule has 0 amide bonds. The largest absolute Gasteiger partial charge is 0.492 e. The van der Waals surface area contributed by atoms with Crippen molar-refractivity contribution in [3.8, 4) is 5.75 Å². The van der Waals surface area contributed by atoms with E-state index in [1.807, 2.05) is 31.2 Å². The number of aliphatic carboxylic acids is 1. The van der Waals surface area contributed by atoms with Crippen molar-refractivity contribution in [2.24, 2.45) is 5.92 Å². The molecule has 1 saturated heterocycles. The van der Waals surface area contributed by atoms with Crippen LogP contribution in [0.3, 0.4) is 0 Å². The van der Waals surface area contributed by atoms with Gasteiger partial charge in [0.25, 0.3) is 0 Å². The van der Waals surface area contributed by atoms with Crippen LogP contribution < -0.4 is 4.74 Å². The molecule has 1 heterocycles. The van der Waals surface area contributed by atoms with Gasteiger partial charge < -0.3 is 9.84 Å². The molecule has 1 unspecified atom stereocenters. The van der Waals surface area contributed by atoms with Crippen molar-refractivity contribution in [1.29, 1.82) is 0 Å². The SMILES string of the molecule is Cc1cccc(OCCN2CCC(C(=O)O)C2)c1.Cl. The minimum atomic E-state index is -0.683. The molecule has 0 spiro atoms. The molecule has 0 saturated carbocycles. The predicted molar refractivity (Wildman–Crippen MR) is 76.1 cm³/mol. The van der Waals surface area contributed by atoms with Gasteiger partial charge in [-0.15, -0.1) is 12.4 Å². The van der Waals surface area contributed by atoms with Gasteiger partial charge in [-0.25, -0.2) is 0 Å². The summed E-state index contributed by atoms with van der Waals surface area (Å²) in [7, 11) is 0. The van der Waals surface area contributed by atoms with E-state index in [9.17, 15) is 4.79 Å². The van der Waals surface area contributed by atoms with Crippen LogP contribution in [-0.4, -0.2) is 42.2 Å². The lowest BCUT2D eigenvalue weighted by molar-refractivity contribution is -0.141. The van der Waals surface area contributed by atoms with E-state index in [0.717, 1.165) is 25.3 Å². The van der Waals surface area contributed by atoms with Crippen LogP contribution in [0.25, 0.3) is 0 Å². The fourth-order valence-electron chi connectivity index (χ4n) is 2.24. The average molecular weight is 286 g/mol. The number of hydrogen-bond acceptors (Lipinski definition) is 3. The third-order valence-corrected chi connectivity index (χ3v) is 3.29. The molecule has 1 aromatic rings. The minimum absolute atomic E-state index is 0. The molecule has 1 fully saturated rings. The fourth-order valence-corrected chi connectivity index (χ4v) is 2.24. The number of rotatable bonds is 5. The van der Waals surface area contributed by atoms with Crippen molar-refractivity contribution >= 4 is 18.4 Å². The molecule has 19 heavy (non-hydrogen) atoms. The molecular formula is C14H20ClNO3. The van der Waals surface area contributed by atoms with Crippen molar-refractivity contribution in [2.45, 2.75) is 13.3 Å². The Labute approximate surface area is 119 Å². The van der Waals surface area contributed by atoms with E-state index in [0.29, 0.717) is 13.2 Å². The van der Waals surface area contributed by atoms with Crippen LogP contribution in [0.1, 0.15) is 12.0 Å². The van der Waals surface area contributed by atoms with Gasteiger partial charge in [-0.3, -0.25) is 9.69 Å². The third kappa shape index (κ3) is 4.73. The summed E-state index contributed by atoms with van der Waals surface area (Å²) in [5, 5.41) is 8.91. The quantitative estimate of drug-likeness (QED) is 0.901. The molecule has 2 rings (SSSR count). The van der Waals surface area contributed by atoms with Crippen LogP contribution in [0.15, 0.2) is 24.3 Å². The third-order valence-electron chi connectivity index (χ3n) is 3.29. The average Bonchev–Trinajstić information content (AvgIpc) is 2.78. The lowest BCUT2D eigenvalue weighted by Crippen LogP contribution is -2.27. The van der Waals surface area contributed by atoms with Crippen molar-refractivity contribution in [2.75, 3.05) is 26.2 Å². The first-order valence-electron chi connectivity index (χ1n) is 6.30. The number of carboxylic acids is 1. The number of halogens is 1. The van der Waals surface area contributed by atoms with Gasteiger partial charge >= 0.3 is 5.97 Å². The van der Waals surface area contributed by atoms with Crippen molar-refractivity contribution < 1.29 is 14.6 Å². The van der Waals surface area contributed by atoms with Crippen LogP contribution in [-0.2, 0) is 4.79 Å². The van der Waals surface area contributed by atoms with E-state index in [1.54, 1.807) is 0 Å². The highest BCUT2D eigenvalue weighted by Gasteiger charge is 2.27. The van der Waals surface area contributed by atoms with Crippen LogP contribution in [0.2, 0.25) is 0 Å². The van der Waals surface area contributed by atoms with Crippen LogP contribution >= 0.6 is 12.4 Å². The Bertz CT molecular complexity index is 425. The van der Waals surface area contributed by atoms with Crippen LogP contribution in [0.4, 0.5) is 0 Å². The van der Waals surface area contributed by atoms with E-state index in [1.165, 1.54) is 5.56 Å². The van der Waals surface area contributed by atoms with Gasteiger partial charge in [-0.2, -0.15) is 0 Å². The standard InChI is InChI=1S/C14H19NO3.ClH/c1-11-3-2-4-13(9-11)18-8-7-15-6-5-12(10-15)14(16)17;/h2-4,9,12H,5-8,10H2,1H3,(H,16,17);1H. The Morgan fingerprint density at radius 2 is 2.32 bits per heavy atom. The molecule has 1 aromatic carbocycles. The Kier molecular flexibility index (Phi) is 6.12. The molecular weight excluding hydrogens is 266 g/mol. The van der Waals surface area contributed by atoms with Gasteiger partial charge in [-0.1, -0.05) is 12.1 Å². The zero-order valence-electron chi connectivity index (χ0n) is 11.0. The minimum Gasteiger partial charge on any atom is -0.492 e. The summed E-state index contributed by atoms with van der Waals surface area (Å²) < 4.78 is 5.66. The van der Waals surface area contributed by atoms with Crippen molar-refractivity contribution in [3.63, 3.8) is 0 Å². The normalized spacial score (nSPS) is 18.9. The van der Waals surface area contributed by atoms with E-state index >= 15 is 0 Å². The monoisotopic (exact) mass is 285 g/mol. The Hall–Kier alpha value is -1.26. The highest BCUT2D eigenvalue weighted by atomic mass is 35.5. The molecule has 1 aliphatic heterocycles. The number of carboxylic acid groups (broad SMARTS) is 1. The lowest BCUT2D eigenvalue weighted by Gasteiger charge is -2.15. The van der Waals surface area contributed by atoms with Gasteiger partial charge in [0.05, 0.1) is 5.92 Å². The molecule has 0 bridgehead atoms. The number of carbonyl (C=O) groups is 1.